The summed E-state index contributed by atoms with van der Waals surface area (Å²) in [5, 5.41) is 0. The van der Waals surface area contributed by atoms with Crippen LogP contribution in [0.1, 0.15) is 53.4 Å². The van der Waals surface area contributed by atoms with Gasteiger partial charge in [0.1, 0.15) is 0 Å². The number of nitrogens with two attached hydrogens (primary N) is 1. The molecule has 0 saturated heterocycles. The molecule has 0 heterocycles. The zero-order valence-corrected chi connectivity index (χ0v) is 10.1. The lowest BCUT2D eigenvalue weighted by Gasteiger charge is -2.26. The van der Waals surface area contributed by atoms with Crippen molar-refractivity contribution in [3.05, 3.63) is 11.6 Å². The maximum atomic E-state index is 5.98. The molecule has 1 aliphatic carbocycles. The summed E-state index contributed by atoms with van der Waals surface area (Å²) < 4.78 is 0. The van der Waals surface area contributed by atoms with Gasteiger partial charge >= 0.3 is 0 Å². The zero-order chi connectivity index (χ0) is 10.8. The monoisotopic (exact) mass is 195 g/mol. The normalized spacial score (nSPS) is 28.8. The van der Waals surface area contributed by atoms with Crippen molar-refractivity contribution >= 4 is 0 Å². The molecule has 0 amide bonds. The van der Waals surface area contributed by atoms with Gasteiger partial charge in [0.05, 0.1) is 0 Å². The standard InChI is InChI=1S/C13H25N/c1-10-7-11(9-12(14)8-10)5-6-13(2,3)4/h9-10,12H,5-8,14H2,1-4H3. The van der Waals surface area contributed by atoms with E-state index in [4.69, 9.17) is 5.73 Å². The Bertz CT molecular complexity index is 210. The van der Waals surface area contributed by atoms with E-state index in [-0.39, 0.29) is 0 Å². The molecule has 82 valence electrons. The van der Waals surface area contributed by atoms with Crippen molar-refractivity contribution in [1.82, 2.24) is 0 Å². The van der Waals surface area contributed by atoms with Crippen molar-refractivity contribution in [2.24, 2.45) is 17.1 Å². The molecule has 1 aliphatic rings. The molecule has 14 heavy (non-hydrogen) atoms. The first-order valence-corrected chi connectivity index (χ1v) is 5.82. The number of rotatable bonds is 2. The van der Waals surface area contributed by atoms with E-state index in [2.05, 4.69) is 33.8 Å². The molecular formula is C13H25N. The third-order valence-electron chi connectivity index (χ3n) is 2.93. The SMILES string of the molecule is CC1CC(CCC(C)(C)C)=CC(N)C1. The fraction of sp³-hybridized carbons (Fsp3) is 0.846. The second kappa shape index (κ2) is 4.48. The van der Waals surface area contributed by atoms with Gasteiger partial charge in [0.2, 0.25) is 0 Å². The van der Waals surface area contributed by atoms with E-state index in [0.29, 0.717) is 11.5 Å². The van der Waals surface area contributed by atoms with Crippen LogP contribution in [0.5, 0.6) is 0 Å². The van der Waals surface area contributed by atoms with E-state index < -0.39 is 0 Å². The molecule has 0 saturated carbocycles. The van der Waals surface area contributed by atoms with E-state index in [1.165, 1.54) is 25.7 Å². The van der Waals surface area contributed by atoms with Gasteiger partial charge in [-0.1, -0.05) is 39.3 Å². The second-order valence-corrected chi connectivity index (χ2v) is 6.09. The Morgan fingerprint density at radius 2 is 2.07 bits per heavy atom. The van der Waals surface area contributed by atoms with Crippen molar-refractivity contribution in [3.8, 4) is 0 Å². The van der Waals surface area contributed by atoms with E-state index in [0.717, 1.165) is 5.92 Å². The van der Waals surface area contributed by atoms with Crippen LogP contribution in [0.2, 0.25) is 0 Å². The Balaban J connectivity index is 2.44. The highest BCUT2D eigenvalue weighted by atomic mass is 14.6. The van der Waals surface area contributed by atoms with Crippen LogP contribution in [-0.2, 0) is 0 Å². The predicted octanol–water partition coefficient (Wildman–Crippen LogP) is 3.50. The van der Waals surface area contributed by atoms with Gasteiger partial charge in [-0.2, -0.15) is 0 Å². The van der Waals surface area contributed by atoms with Gasteiger partial charge in [0, 0.05) is 6.04 Å². The maximum absolute atomic E-state index is 5.98. The zero-order valence-electron chi connectivity index (χ0n) is 10.1. The fourth-order valence-corrected chi connectivity index (χ4v) is 2.16. The molecule has 0 bridgehead atoms. The second-order valence-electron chi connectivity index (χ2n) is 6.09. The molecule has 1 heteroatoms. The Labute approximate surface area is 88.8 Å². The minimum absolute atomic E-state index is 0.314. The summed E-state index contributed by atoms with van der Waals surface area (Å²) in [4.78, 5) is 0. The summed E-state index contributed by atoms with van der Waals surface area (Å²) in [5.41, 5.74) is 8.02. The topological polar surface area (TPSA) is 26.0 Å². The third-order valence-corrected chi connectivity index (χ3v) is 2.93. The van der Waals surface area contributed by atoms with Crippen molar-refractivity contribution in [2.45, 2.75) is 59.4 Å². The lowest BCUT2D eigenvalue weighted by Crippen LogP contribution is -2.25. The van der Waals surface area contributed by atoms with E-state index >= 15 is 0 Å². The summed E-state index contributed by atoms with van der Waals surface area (Å²) >= 11 is 0. The predicted molar refractivity (Wildman–Crippen MR) is 63.1 cm³/mol. The molecule has 1 nitrogen and oxygen atoms in total. The molecule has 2 atom stereocenters. The minimum Gasteiger partial charge on any atom is -0.324 e. The lowest BCUT2D eigenvalue weighted by atomic mass is 9.82. The van der Waals surface area contributed by atoms with Crippen LogP contribution in [0.25, 0.3) is 0 Å². The van der Waals surface area contributed by atoms with Crippen LogP contribution < -0.4 is 5.73 Å². The molecule has 1 rings (SSSR count). The first kappa shape index (κ1) is 11.8. The molecule has 0 spiro atoms. The highest BCUT2D eigenvalue weighted by Gasteiger charge is 2.18. The Morgan fingerprint density at radius 1 is 1.43 bits per heavy atom. The van der Waals surface area contributed by atoms with Gasteiger partial charge in [0.25, 0.3) is 0 Å². The Hall–Kier alpha value is -0.300. The van der Waals surface area contributed by atoms with Crippen LogP contribution in [-0.4, -0.2) is 6.04 Å². The summed E-state index contributed by atoms with van der Waals surface area (Å²) in [6.07, 6.45) is 7.24. The van der Waals surface area contributed by atoms with Crippen LogP contribution >= 0.6 is 0 Å². The van der Waals surface area contributed by atoms with E-state index in [1.807, 2.05) is 0 Å². The maximum Gasteiger partial charge on any atom is 0.0228 e. The molecule has 0 aromatic heterocycles. The molecule has 2 N–H and O–H groups in total. The number of hydrogen-bond acceptors (Lipinski definition) is 1. The average molecular weight is 195 g/mol. The molecule has 0 aliphatic heterocycles. The van der Waals surface area contributed by atoms with Crippen molar-refractivity contribution in [3.63, 3.8) is 0 Å². The highest BCUT2D eigenvalue weighted by molar-refractivity contribution is 5.11. The lowest BCUT2D eigenvalue weighted by molar-refractivity contribution is 0.366. The van der Waals surface area contributed by atoms with Crippen LogP contribution in [0.4, 0.5) is 0 Å². The van der Waals surface area contributed by atoms with Crippen molar-refractivity contribution in [1.29, 1.82) is 0 Å². The van der Waals surface area contributed by atoms with Crippen LogP contribution in [0.15, 0.2) is 11.6 Å². The van der Waals surface area contributed by atoms with Crippen molar-refractivity contribution < 1.29 is 0 Å². The van der Waals surface area contributed by atoms with Gasteiger partial charge in [-0.3, -0.25) is 0 Å². The Kier molecular flexibility index (Phi) is 3.77. The third kappa shape index (κ3) is 4.28. The summed E-state index contributed by atoms with van der Waals surface area (Å²) in [7, 11) is 0. The quantitative estimate of drug-likeness (QED) is 0.671. The summed E-state index contributed by atoms with van der Waals surface area (Å²) in [6, 6.07) is 0.314. The highest BCUT2D eigenvalue weighted by Crippen LogP contribution is 2.30. The van der Waals surface area contributed by atoms with E-state index in [1.54, 1.807) is 5.57 Å². The van der Waals surface area contributed by atoms with Gasteiger partial charge in [-0.25, -0.2) is 0 Å². The smallest absolute Gasteiger partial charge is 0.0228 e. The molecule has 0 fully saturated rings. The number of hydrogen-bond donors (Lipinski definition) is 1. The molecule has 0 aromatic carbocycles. The van der Waals surface area contributed by atoms with Crippen LogP contribution in [0, 0.1) is 11.3 Å². The largest absolute Gasteiger partial charge is 0.324 e. The van der Waals surface area contributed by atoms with Gasteiger partial charge < -0.3 is 5.73 Å². The molecule has 0 aromatic rings. The molecule has 0 radical (unpaired) electrons. The summed E-state index contributed by atoms with van der Waals surface area (Å²) in [5.74, 6) is 0.782. The summed E-state index contributed by atoms with van der Waals surface area (Å²) in [6.45, 7) is 9.23. The van der Waals surface area contributed by atoms with Gasteiger partial charge in [-0.05, 0) is 37.0 Å². The van der Waals surface area contributed by atoms with Gasteiger partial charge in [-0.15, -0.1) is 0 Å². The molecule has 2 unspecified atom stereocenters. The number of allylic oxidation sites excluding steroid dienone is 1. The van der Waals surface area contributed by atoms with Gasteiger partial charge in [0.15, 0.2) is 0 Å². The molecular weight excluding hydrogens is 170 g/mol. The average Bonchev–Trinajstić information content (AvgIpc) is 1.97. The van der Waals surface area contributed by atoms with Crippen LogP contribution in [0.3, 0.4) is 0 Å². The van der Waals surface area contributed by atoms with Crippen molar-refractivity contribution in [2.75, 3.05) is 0 Å². The van der Waals surface area contributed by atoms with E-state index in [9.17, 15) is 0 Å². The first-order chi connectivity index (χ1) is 6.37. The minimum atomic E-state index is 0.314. The Morgan fingerprint density at radius 3 is 2.57 bits per heavy atom. The fourth-order valence-electron chi connectivity index (χ4n) is 2.16. The first-order valence-electron chi connectivity index (χ1n) is 5.82.